The van der Waals surface area contributed by atoms with Crippen LogP contribution in [0, 0.1) is 10.1 Å². The van der Waals surface area contributed by atoms with E-state index in [-0.39, 0.29) is 30.6 Å². The molecule has 1 atom stereocenters. The van der Waals surface area contributed by atoms with Gasteiger partial charge in [0.25, 0.3) is 5.69 Å². The molecule has 2 aromatic rings. The fourth-order valence-electron chi connectivity index (χ4n) is 2.04. The van der Waals surface area contributed by atoms with E-state index in [1.165, 1.54) is 18.2 Å². The largest absolute Gasteiger partial charge is 0.433 e. The van der Waals surface area contributed by atoms with Crippen LogP contribution in [0.15, 0.2) is 30.3 Å². The van der Waals surface area contributed by atoms with Crippen LogP contribution in [0.5, 0.6) is 0 Å². The van der Waals surface area contributed by atoms with Crippen molar-refractivity contribution in [3.8, 4) is 0 Å². The molecule has 26 heavy (non-hydrogen) atoms. The van der Waals surface area contributed by atoms with Crippen LogP contribution >= 0.6 is 0 Å². The van der Waals surface area contributed by atoms with Gasteiger partial charge in [-0.2, -0.15) is 18.2 Å². The van der Waals surface area contributed by atoms with Gasteiger partial charge in [0, 0.05) is 30.3 Å². The summed E-state index contributed by atoms with van der Waals surface area (Å²) < 4.78 is 39.0. The van der Waals surface area contributed by atoms with E-state index < -0.39 is 22.8 Å². The van der Waals surface area contributed by atoms with E-state index >= 15 is 0 Å². The van der Waals surface area contributed by atoms with Gasteiger partial charge in [0.2, 0.25) is 5.95 Å². The Bertz CT molecular complexity index is 785. The number of nitrogens with zero attached hydrogens (tertiary/aromatic N) is 3. The van der Waals surface area contributed by atoms with E-state index in [9.17, 15) is 23.3 Å². The molecule has 140 valence electrons. The van der Waals surface area contributed by atoms with Crippen LogP contribution in [0.3, 0.4) is 0 Å². The zero-order valence-electron chi connectivity index (χ0n) is 13.6. The number of aliphatic hydroxyl groups excluding tert-OH is 1. The highest BCUT2D eigenvalue weighted by molar-refractivity contribution is 5.47. The highest BCUT2D eigenvalue weighted by Crippen LogP contribution is 2.30. The van der Waals surface area contributed by atoms with Gasteiger partial charge in [0.05, 0.1) is 11.5 Å². The Labute approximate surface area is 146 Å². The highest BCUT2D eigenvalue weighted by atomic mass is 19.4. The topological polar surface area (TPSA) is 113 Å². The number of nitro groups is 1. The summed E-state index contributed by atoms with van der Waals surface area (Å²) >= 11 is 0. The van der Waals surface area contributed by atoms with Crippen molar-refractivity contribution in [1.29, 1.82) is 0 Å². The zero-order chi connectivity index (χ0) is 19.3. The Balaban J connectivity index is 2.28. The molecule has 11 heteroatoms. The van der Waals surface area contributed by atoms with Crippen LogP contribution in [0.4, 0.5) is 30.6 Å². The van der Waals surface area contributed by atoms with Crippen molar-refractivity contribution in [3.63, 3.8) is 0 Å². The number of hydrogen-bond donors (Lipinski definition) is 3. The Hall–Kier alpha value is -2.95. The number of anilines is 2. The van der Waals surface area contributed by atoms with E-state index in [1.807, 2.05) is 0 Å². The molecule has 3 N–H and O–H groups in total. The van der Waals surface area contributed by atoms with Crippen molar-refractivity contribution in [2.45, 2.75) is 25.7 Å². The molecular weight excluding hydrogens is 355 g/mol. The average Bonchev–Trinajstić information content (AvgIpc) is 2.59. The summed E-state index contributed by atoms with van der Waals surface area (Å²) in [6, 6.07) is 6.02. The van der Waals surface area contributed by atoms with Crippen LogP contribution in [0.1, 0.15) is 18.2 Å². The quantitative estimate of drug-likeness (QED) is 0.507. The molecule has 0 aliphatic rings. The van der Waals surface area contributed by atoms with Crippen molar-refractivity contribution >= 4 is 17.5 Å². The molecule has 0 aliphatic heterocycles. The van der Waals surface area contributed by atoms with Crippen LogP contribution < -0.4 is 10.6 Å². The summed E-state index contributed by atoms with van der Waals surface area (Å²) in [5, 5.41) is 25.2. The maximum absolute atomic E-state index is 13.0. The van der Waals surface area contributed by atoms with Gasteiger partial charge in [0.15, 0.2) is 5.69 Å². The van der Waals surface area contributed by atoms with E-state index in [2.05, 4.69) is 20.6 Å². The average molecular weight is 371 g/mol. The first kappa shape index (κ1) is 19.4. The van der Waals surface area contributed by atoms with Gasteiger partial charge >= 0.3 is 6.18 Å². The predicted molar refractivity (Wildman–Crippen MR) is 87.6 cm³/mol. The number of alkyl halides is 3. The number of nitro benzene ring substituents is 1. The van der Waals surface area contributed by atoms with E-state index in [1.54, 1.807) is 13.0 Å². The minimum atomic E-state index is -4.70. The molecule has 0 radical (unpaired) electrons. The molecule has 1 aromatic heterocycles. The third-order valence-electron chi connectivity index (χ3n) is 3.31. The maximum atomic E-state index is 13.0. The number of benzene rings is 1. The van der Waals surface area contributed by atoms with Gasteiger partial charge in [-0.1, -0.05) is 18.2 Å². The summed E-state index contributed by atoms with van der Waals surface area (Å²) in [7, 11) is 0. The molecule has 0 aliphatic carbocycles. The van der Waals surface area contributed by atoms with Crippen LogP contribution in [-0.4, -0.2) is 32.6 Å². The summed E-state index contributed by atoms with van der Waals surface area (Å²) in [5.41, 5.74) is -1.04. The normalized spacial score (nSPS) is 12.5. The molecule has 0 bridgehead atoms. The SMILES string of the molecule is C[C@@H](CO)Nc1nc(NCc2ccccc2[N+](=O)[O-])cc(C(F)(F)F)n1. The Kier molecular flexibility index (Phi) is 5.93. The van der Waals surface area contributed by atoms with Crippen molar-refractivity contribution in [1.82, 2.24) is 9.97 Å². The van der Waals surface area contributed by atoms with E-state index in [0.717, 1.165) is 0 Å². The number of rotatable bonds is 7. The molecule has 0 fully saturated rings. The molecule has 0 saturated heterocycles. The lowest BCUT2D eigenvalue weighted by Crippen LogP contribution is -2.22. The first-order valence-corrected chi connectivity index (χ1v) is 7.50. The number of para-hydroxylation sites is 1. The molecular formula is C15H16F3N5O3. The second-order valence-electron chi connectivity index (χ2n) is 5.43. The molecule has 0 unspecified atom stereocenters. The molecule has 2 rings (SSSR count). The molecule has 1 aromatic carbocycles. The van der Waals surface area contributed by atoms with Crippen molar-refractivity contribution < 1.29 is 23.2 Å². The lowest BCUT2D eigenvalue weighted by molar-refractivity contribution is -0.385. The minimum absolute atomic E-state index is 0.0968. The zero-order valence-corrected chi connectivity index (χ0v) is 13.6. The number of nitrogens with one attached hydrogen (secondary N) is 2. The van der Waals surface area contributed by atoms with Crippen LogP contribution in [-0.2, 0) is 12.7 Å². The van der Waals surface area contributed by atoms with Crippen molar-refractivity contribution in [3.05, 3.63) is 51.7 Å². The molecule has 1 heterocycles. The standard InChI is InChI=1S/C15H16F3N5O3/c1-9(8-24)20-14-21-12(15(16,17)18)6-13(22-14)19-7-10-4-2-3-5-11(10)23(25)26/h2-6,9,24H,7-8H2,1H3,(H2,19,20,21,22)/t9-/m0/s1. The van der Waals surface area contributed by atoms with Gasteiger partial charge < -0.3 is 15.7 Å². The maximum Gasteiger partial charge on any atom is 0.433 e. The first-order valence-electron chi connectivity index (χ1n) is 7.50. The molecule has 0 saturated carbocycles. The number of aromatic nitrogens is 2. The minimum Gasteiger partial charge on any atom is -0.394 e. The van der Waals surface area contributed by atoms with Gasteiger partial charge in [-0.25, -0.2) is 4.98 Å². The Morgan fingerprint density at radius 2 is 2.00 bits per heavy atom. The monoisotopic (exact) mass is 371 g/mol. The lowest BCUT2D eigenvalue weighted by atomic mass is 10.2. The first-order chi connectivity index (χ1) is 12.2. The lowest BCUT2D eigenvalue weighted by Gasteiger charge is -2.15. The fourth-order valence-corrected chi connectivity index (χ4v) is 2.04. The van der Waals surface area contributed by atoms with Crippen molar-refractivity contribution in [2.75, 3.05) is 17.2 Å². The molecule has 0 spiro atoms. The summed E-state index contributed by atoms with van der Waals surface area (Å²) in [6.45, 7) is 1.13. The molecule has 8 nitrogen and oxygen atoms in total. The Morgan fingerprint density at radius 3 is 2.62 bits per heavy atom. The number of halogens is 3. The number of hydrogen-bond acceptors (Lipinski definition) is 7. The third kappa shape index (κ3) is 5.02. The summed E-state index contributed by atoms with van der Waals surface area (Å²) in [4.78, 5) is 17.7. The third-order valence-corrected chi connectivity index (χ3v) is 3.31. The van der Waals surface area contributed by atoms with E-state index in [4.69, 9.17) is 5.11 Å². The fraction of sp³-hybridized carbons (Fsp3) is 0.333. The van der Waals surface area contributed by atoms with Crippen LogP contribution in [0.2, 0.25) is 0 Å². The highest BCUT2D eigenvalue weighted by Gasteiger charge is 2.34. The second kappa shape index (κ2) is 7.95. The van der Waals surface area contributed by atoms with Gasteiger partial charge in [-0.05, 0) is 6.92 Å². The Morgan fingerprint density at radius 1 is 1.31 bits per heavy atom. The summed E-state index contributed by atoms with van der Waals surface area (Å²) in [6.07, 6.45) is -4.70. The van der Waals surface area contributed by atoms with Gasteiger partial charge in [0.1, 0.15) is 5.82 Å². The number of aliphatic hydroxyl groups is 1. The van der Waals surface area contributed by atoms with Gasteiger partial charge in [-0.15, -0.1) is 0 Å². The van der Waals surface area contributed by atoms with Gasteiger partial charge in [-0.3, -0.25) is 10.1 Å². The second-order valence-corrected chi connectivity index (χ2v) is 5.43. The summed E-state index contributed by atoms with van der Waals surface area (Å²) in [5.74, 6) is -0.468. The van der Waals surface area contributed by atoms with Crippen molar-refractivity contribution in [2.24, 2.45) is 0 Å². The van der Waals surface area contributed by atoms with E-state index in [0.29, 0.717) is 11.6 Å². The smallest absolute Gasteiger partial charge is 0.394 e. The van der Waals surface area contributed by atoms with Crippen LogP contribution in [0.25, 0.3) is 0 Å². The predicted octanol–water partition coefficient (Wildman–Crippen LogP) is 2.81. The molecule has 0 amide bonds.